The molecule has 0 rings (SSSR count). The fraction of sp³-hybridized carbons (Fsp3) is 0.714. The van der Waals surface area contributed by atoms with Crippen molar-refractivity contribution in [2.75, 3.05) is 6.54 Å². The van der Waals surface area contributed by atoms with Crippen LogP contribution in [0.4, 0.5) is 0 Å². The van der Waals surface area contributed by atoms with Gasteiger partial charge < -0.3 is 10.5 Å². The monoisotopic (exact) mass is 143 g/mol. The average Bonchev–Trinajstić information content (AvgIpc) is 1.87. The Balaban J connectivity index is 3.20. The van der Waals surface area contributed by atoms with Crippen molar-refractivity contribution >= 4 is 11.6 Å². The van der Waals surface area contributed by atoms with E-state index in [-0.39, 0.29) is 18.1 Å². The van der Waals surface area contributed by atoms with Crippen molar-refractivity contribution in [2.24, 2.45) is 5.73 Å². The third-order valence-corrected chi connectivity index (χ3v) is 1.21. The van der Waals surface area contributed by atoms with E-state index in [1.54, 1.807) is 0 Å². The Labute approximate surface area is 60.6 Å². The summed E-state index contributed by atoms with van der Waals surface area (Å²) in [6.45, 7) is 1.62. The Hall–Kier alpha value is -0.700. The zero-order valence-corrected chi connectivity index (χ0v) is 6.22. The summed E-state index contributed by atoms with van der Waals surface area (Å²) in [7, 11) is 0. The number of ketones is 2. The highest BCUT2D eigenvalue weighted by atomic mass is 16.1. The van der Waals surface area contributed by atoms with E-state index >= 15 is 0 Å². The molecule has 0 saturated carbocycles. The van der Waals surface area contributed by atoms with Gasteiger partial charge in [-0.2, -0.15) is 0 Å². The van der Waals surface area contributed by atoms with Crippen molar-refractivity contribution in [3.05, 3.63) is 0 Å². The second-order valence-corrected chi connectivity index (χ2v) is 2.30. The second-order valence-electron chi connectivity index (χ2n) is 2.30. The van der Waals surface area contributed by atoms with Crippen LogP contribution >= 0.6 is 0 Å². The van der Waals surface area contributed by atoms with Crippen molar-refractivity contribution in [2.45, 2.75) is 26.2 Å². The van der Waals surface area contributed by atoms with Crippen LogP contribution in [0.3, 0.4) is 0 Å². The highest BCUT2D eigenvalue weighted by molar-refractivity contribution is 5.81. The summed E-state index contributed by atoms with van der Waals surface area (Å²) >= 11 is 0. The fourth-order valence-corrected chi connectivity index (χ4v) is 0.637. The first-order valence-corrected chi connectivity index (χ1v) is 3.38. The molecule has 0 aliphatic heterocycles. The van der Waals surface area contributed by atoms with Gasteiger partial charge in [0.05, 0.1) is 6.54 Å². The SMILES string of the molecule is CC(=O)CCCC(=O)CN. The summed E-state index contributed by atoms with van der Waals surface area (Å²) in [5.41, 5.74) is 5.05. The maximum absolute atomic E-state index is 10.6. The highest BCUT2D eigenvalue weighted by Gasteiger charge is 1.98. The Morgan fingerprint density at radius 1 is 1.30 bits per heavy atom. The van der Waals surface area contributed by atoms with Gasteiger partial charge in [-0.15, -0.1) is 0 Å². The number of Topliss-reactive ketones (excluding diaryl/α,β-unsaturated/α-hetero) is 2. The predicted molar refractivity (Wildman–Crippen MR) is 38.6 cm³/mol. The Morgan fingerprint density at radius 3 is 2.30 bits per heavy atom. The Morgan fingerprint density at radius 2 is 1.90 bits per heavy atom. The summed E-state index contributed by atoms with van der Waals surface area (Å²) in [4.78, 5) is 20.9. The molecule has 0 aliphatic carbocycles. The van der Waals surface area contributed by atoms with Gasteiger partial charge in [-0.05, 0) is 13.3 Å². The first kappa shape index (κ1) is 9.30. The van der Waals surface area contributed by atoms with E-state index in [4.69, 9.17) is 5.73 Å². The maximum atomic E-state index is 10.6. The van der Waals surface area contributed by atoms with Crippen LogP contribution in [0.15, 0.2) is 0 Å². The maximum Gasteiger partial charge on any atom is 0.146 e. The summed E-state index contributed by atoms with van der Waals surface area (Å²) in [6, 6.07) is 0. The van der Waals surface area contributed by atoms with Crippen molar-refractivity contribution in [3.63, 3.8) is 0 Å². The second kappa shape index (κ2) is 5.11. The van der Waals surface area contributed by atoms with Crippen LogP contribution in [-0.4, -0.2) is 18.1 Å². The predicted octanol–water partition coefficient (Wildman–Crippen LogP) is 0.274. The molecule has 0 saturated heterocycles. The summed E-state index contributed by atoms with van der Waals surface area (Å²) in [5, 5.41) is 0. The van der Waals surface area contributed by atoms with Crippen molar-refractivity contribution < 1.29 is 9.59 Å². The molecular weight excluding hydrogens is 130 g/mol. The quantitative estimate of drug-likeness (QED) is 0.601. The molecule has 58 valence electrons. The van der Waals surface area contributed by atoms with Crippen molar-refractivity contribution in [3.8, 4) is 0 Å². The highest BCUT2D eigenvalue weighted by Crippen LogP contribution is 1.95. The number of hydrogen-bond acceptors (Lipinski definition) is 3. The van der Waals surface area contributed by atoms with Gasteiger partial charge in [-0.3, -0.25) is 4.79 Å². The van der Waals surface area contributed by atoms with Crippen molar-refractivity contribution in [1.82, 2.24) is 0 Å². The molecule has 0 amide bonds. The number of rotatable bonds is 5. The first-order valence-electron chi connectivity index (χ1n) is 3.38. The lowest BCUT2D eigenvalue weighted by atomic mass is 10.1. The third-order valence-electron chi connectivity index (χ3n) is 1.21. The molecule has 3 nitrogen and oxygen atoms in total. The van der Waals surface area contributed by atoms with E-state index in [9.17, 15) is 9.59 Å². The summed E-state index contributed by atoms with van der Waals surface area (Å²) in [6.07, 6.45) is 1.58. The molecule has 0 heterocycles. The standard InChI is InChI=1S/C7H13NO2/c1-6(9)3-2-4-7(10)5-8/h2-5,8H2,1H3. The van der Waals surface area contributed by atoms with Crippen molar-refractivity contribution in [1.29, 1.82) is 0 Å². The molecule has 3 heteroatoms. The number of nitrogens with two attached hydrogens (primary N) is 1. The average molecular weight is 143 g/mol. The van der Waals surface area contributed by atoms with Crippen LogP contribution in [0.2, 0.25) is 0 Å². The fourth-order valence-electron chi connectivity index (χ4n) is 0.637. The van der Waals surface area contributed by atoms with Gasteiger partial charge in [0.1, 0.15) is 11.6 Å². The molecule has 0 spiro atoms. The lowest BCUT2D eigenvalue weighted by Crippen LogP contribution is -2.13. The minimum Gasteiger partial charge on any atom is -0.324 e. The zero-order valence-electron chi connectivity index (χ0n) is 6.22. The molecule has 10 heavy (non-hydrogen) atoms. The smallest absolute Gasteiger partial charge is 0.146 e. The summed E-state index contributed by atoms with van der Waals surface area (Å²) < 4.78 is 0. The van der Waals surface area contributed by atoms with Crippen LogP contribution < -0.4 is 5.73 Å². The molecule has 0 atom stereocenters. The topological polar surface area (TPSA) is 60.2 Å². The van der Waals surface area contributed by atoms with Crippen LogP contribution in [0.1, 0.15) is 26.2 Å². The Kier molecular flexibility index (Phi) is 4.76. The van der Waals surface area contributed by atoms with Crippen LogP contribution in [0.25, 0.3) is 0 Å². The van der Waals surface area contributed by atoms with Crippen LogP contribution in [0, 0.1) is 0 Å². The number of hydrogen-bond donors (Lipinski definition) is 1. The summed E-state index contributed by atoms with van der Waals surface area (Å²) in [5.74, 6) is 0.158. The lowest BCUT2D eigenvalue weighted by Gasteiger charge is -1.93. The third kappa shape index (κ3) is 5.44. The van der Waals surface area contributed by atoms with E-state index in [2.05, 4.69) is 0 Å². The van der Waals surface area contributed by atoms with E-state index in [0.717, 1.165) is 0 Å². The molecule has 0 unspecified atom stereocenters. The lowest BCUT2D eigenvalue weighted by molar-refractivity contribution is -0.118. The van der Waals surface area contributed by atoms with E-state index in [0.29, 0.717) is 19.3 Å². The molecule has 2 N–H and O–H groups in total. The van der Waals surface area contributed by atoms with Gasteiger partial charge in [0.25, 0.3) is 0 Å². The molecule has 0 bridgehead atoms. The van der Waals surface area contributed by atoms with E-state index < -0.39 is 0 Å². The normalized spacial score (nSPS) is 9.40. The van der Waals surface area contributed by atoms with Gasteiger partial charge in [0.15, 0.2) is 0 Å². The minimum atomic E-state index is 0.0289. The number of carbonyl (C=O) groups is 2. The molecule has 0 aromatic carbocycles. The molecule has 0 aliphatic rings. The molecule has 0 aromatic heterocycles. The zero-order chi connectivity index (χ0) is 7.98. The van der Waals surface area contributed by atoms with E-state index in [1.165, 1.54) is 6.92 Å². The molecule has 0 aromatic rings. The number of carbonyl (C=O) groups excluding carboxylic acids is 2. The first-order chi connectivity index (χ1) is 4.66. The van der Waals surface area contributed by atoms with Gasteiger partial charge >= 0.3 is 0 Å². The molecule has 0 radical (unpaired) electrons. The van der Waals surface area contributed by atoms with Gasteiger partial charge in [-0.25, -0.2) is 0 Å². The van der Waals surface area contributed by atoms with Crippen LogP contribution in [0.5, 0.6) is 0 Å². The molecule has 0 fully saturated rings. The van der Waals surface area contributed by atoms with Gasteiger partial charge in [0.2, 0.25) is 0 Å². The van der Waals surface area contributed by atoms with Gasteiger partial charge in [-0.1, -0.05) is 0 Å². The van der Waals surface area contributed by atoms with Crippen LogP contribution in [-0.2, 0) is 9.59 Å². The van der Waals surface area contributed by atoms with E-state index in [1.807, 2.05) is 0 Å². The molecular formula is C7H13NO2. The van der Waals surface area contributed by atoms with Gasteiger partial charge in [0, 0.05) is 12.8 Å². The minimum absolute atomic E-state index is 0.0289. The largest absolute Gasteiger partial charge is 0.324 e. The Bertz CT molecular complexity index is 132.